The zero-order valence-electron chi connectivity index (χ0n) is 7.06. The van der Waals surface area contributed by atoms with Gasteiger partial charge in [0.2, 0.25) is 0 Å². The van der Waals surface area contributed by atoms with E-state index >= 15 is 0 Å². The second-order valence-electron chi connectivity index (χ2n) is 3.09. The van der Waals surface area contributed by atoms with Crippen molar-refractivity contribution in [3.05, 3.63) is 0 Å². The van der Waals surface area contributed by atoms with E-state index in [4.69, 9.17) is 0 Å². The summed E-state index contributed by atoms with van der Waals surface area (Å²) in [7, 11) is 0. The molecule has 0 bridgehead atoms. The number of nitrogens with one attached hydrogen (secondary N) is 1. The fourth-order valence-electron chi connectivity index (χ4n) is 1.50. The van der Waals surface area contributed by atoms with E-state index in [9.17, 15) is 0 Å². The summed E-state index contributed by atoms with van der Waals surface area (Å²) in [6.07, 6.45) is 1.28. The Hall–Kier alpha value is -0.0800. The molecule has 0 radical (unpaired) electrons. The maximum absolute atomic E-state index is 3.38. The van der Waals surface area contributed by atoms with Gasteiger partial charge in [0.15, 0.2) is 0 Å². The lowest BCUT2D eigenvalue weighted by Crippen LogP contribution is -2.49. The van der Waals surface area contributed by atoms with Gasteiger partial charge in [-0.1, -0.05) is 6.92 Å². The van der Waals surface area contributed by atoms with E-state index in [-0.39, 0.29) is 0 Å². The zero-order chi connectivity index (χ0) is 7.40. The molecule has 1 saturated heterocycles. The molecule has 60 valence electrons. The van der Waals surface area contributed by atoms with Crippen molar-refractivity contribution >= 4 is 0 Å². The van der Waals surface area contributed by atoms with Crippen molar-refractivity contribution in [2.45, 2.75) is 26.3 Å². The molecule has 2 nitrogen and oxygen atoms in total. The smallest absolute Gasteiger partial charge is 0.0192 e. The summed E-state index contributed by atoms with van der Waals surface area (Å²) in [6.45, 7) is 9.37. The Morgan fingerprint density at radius 3 is 3.00 bits per heavy atom. The van der Waals surface area contributed by atoms with Gasteiger partial charge in [-0.2, -0.15) is 0 Å². The Morgan fingerprint density at radius 2 is 2.40 bits per heavy atom. The van der Waals surface area contributed by atoms with Gasteiger partial charge in [0.1, 0.15) is 0 Å². The van der Waals surface area contributed by atoms with Crippen molar-refractivity contribution in [1.29, 1.82) is 0 Å². The first-order valence-corrected chi connectivity index (χ1v) is 4.29. The second-order valence-corrected chi connectivity index (χ2v) is 3.09. The van der Waals surface area contributed by atoms with Gasteiger partial charge in [-0.3, -0.25) is 4.90 Å². The molecule has 0 aromatic carbocycles. The van der Waals surface area contributed by atoms with Crippen LogP contribution in [-0.2, 0) is 0 Å². The molecule has 0 saturated carbocycles. The fourth-order valence-corrected chi connectivity index (χ4v) is 1.50. The summed E-state index contributed by atoms with van der Waals surface area (Å²) in [5, 5.41) is 3.38. The van der Waals surface area contributed by atoms with Crippen LogP contribution in [0.3, 0.4) is 0 Å². The van der Waals surface area contributed by atoms with E-state index in [0.29, 0.717) is 0 Å². The molecule has 1 aliphatic heterocycles. The van der Waals surface area contributed by atoms with Gasteiger partial charge in [-0.25, -0.2) is 0 Å². The maximum Gasteiger partial charge on any atom is 0.0192 e. The molecule has 2 heteroatoms. The van der Waals surface area contributed by atoms with Gasteiger partial charge < -0.3 is 5.32 Å². The van der Waals surface area contributed by atoms with Crippen LogP contribution in [0.1, 0.15) is 20.3 Å². The van der Waals surface area contributed by atoms with E-state index in [0.717, 1.165) is 6.04 Å². The molecule has 1 heterocycles. The van der Waals surface area contributed by atoms with Gasteiger partial charge in [0.05, 0.1) is 0 Å². The van der Waals surface area contributed by atoms with Gasteiger partial charge in [-0.15, -0.1) is 0 Å². The molecule has 0 aromatic heterocycles. The first-order valence-electron chi connectivity index (χ1n) is 4.29. The molecule has 0 amide bonds. The van der Waals surface area contributed by atoms with Crippen LogP contribution in [0.5, 0.6) is 0 Å². The summed E-state index contributed by atoms with van der Waals surface area (Å²) in [6, 6.07) is 0.744. The normalized spacial score (nSPS) is 28.8. The van der Waals surface area contributed by atoms with Crippen LogP contribution < -0.4 is 5.32 Å². The molecule has 0 aromatic rings. The van der Waals surface area contributed by atoms with Crippen LogP contribution in [0.25, 0.3) is 0 Å². The van der Waals surface area contributed by atoms with Crippen molar-refractivity contribution < 1.29 is 0 Å². The molecule has 0 spiro atoms. The number of nitrogens with zero attached hydrogens (tertiary/aromatic N) is 1. The standard InChI is InChI=1S/C8H18N2/c1-3-5-10-6-4-9-7-8(10)2/h8-9H,3-7H2,1-2H3/t8-/m0/s1. The van der Waals surface area contributed by atoms with Crippen molar-refractivity contribution in [2.75, 3.05) is 26.2 Å². The van der Waals surface area contributed by atoms with Crippen LogP contribution in [0.2, 0.25) is 0 Å². The van der Waals surface area contributed by atoms with E-state index in [2.05, 4.69) is 24.1 Å². The van der Waals surface area contributed by atoms with Crippen LogP contribution in [0, 0.1) is 0 Å². The maximum atomic E-state index is 3.38. The highest BCUT2D eigenvalue weighted by atomic mass is 15.2. The zero-order valence-corrected chi connectivity index (χ0v) is 7.06. The molecule has 1 N–H and O–H groups in total. The quantitative estimate of drug-likeness (QED) is 0.610. The van der Waals surface area contributed by atoms with Crippen molar-refractivity contribution in [1.82, 2.24) is 10.2 Å². The molecule has 0 unspecified atom stereocenters. The second kappa shape index (κ2) is 3.94. The highest BCUT2D eigenvalue weighted by molar-refractivity contribution is 4.74. The molecule has 1 fully saturated rings. The SMILES string of the molecule is CCCN1CCNC[C@@H]1C. The predicted octanol–water partition coefficient (Wildman–Crippen LogP) is 0.690. The summed E-state index contributed by atoms with van der Waals surface area (Å²) >= 11 is 0. The lowest BCUT2D eigenvalue weighted by molar-refractivity contribution is 0.174. The minimum Gasteiger partial charge on any atom is -0.314 e. The van der Waals surface area contributed by atoms with E-state index < -0.39 is 0 Å². The fraction of sp³-hybridized carbons (Fsp3) is 1.00. The number of piperazine rings is 1. The van der Waals surface area contributed by atoms with Gasteiger partial charge in [0, 0.05) is 25.7 Å². The molecule has 10 heavy (non-hydrogen) atoms. The van der Waals surface area contributed by atoms with Crippen molar-refractivity contribution in [3.8, 4) is 0 Å². The Bertz CT molecular complexity index is 91.3. The van der Waals surface area contributed by atoms with E-state index in [1.54, 1.807) is 0 Å². The largest absolute Gasteiger partial charge is 0.314 e. The molecule has 0 aliphatic carbocycles. The third-order valence-electron chi connectivity index (χ3n) is 2.15. The molecule has 1 aliphatic rings. The Morgan fingerprint density at radius 1 is 1.60 bits per heavy atom. The molecule has 1 atom stereocenters. The van der Waals surface area contributed by atoms with Gasteiger partial charge >= 0.3 is 0 Å². The number of rotatable bonds is 2. The summed E-state index contributed by atoms with van der Waals surface area (Å²) < 4.78 is 0. The minimum atomic E-state index is 0.744. The third-order valence-corrected chi connectivity index (χ3v) is 2.15. The highest BCUT2D eigenvalue weighted by Gasteiger charge is 2.15. The Labute approximate surface area is 63.6 Å². The predicted molar refractivity (Wildman–Crippen MR) is 44.2 cm³/mol. The average Bonchev–Trinajstić information content (AvgIpc) is 1.94. The number of hydrogen-bond acceptors (Lipinski definition) is 2. The number of hydrogen-bond donors (Lipinski definition) is 1. The summed E-state index contributed by atoms with van der Waals surface area (Å²) in [4.78, 5) is 2.55. The minimum absolute atomic E-state index is 0.744. The van der Waals surface area contributed by atoms with Crippen LogP contribution in [0.15, 0.2) is 0 Å². The van der Waals surface area contributed by atoms with E-state index in [1.165, 1.54) is 32.6 Å². The van der Waals surface area contributed by atoms with Crippen LogP contribution in [-0.4, -0.2) is 37.1 Å². The monoisotopic (exact) mass is 142 g/mol. The first kappa shape index (κ1) is 8.02. The van der Waals surface area contributed by atoms with Crippen LogP contribution >= 0.6 is 0 Å². The Balaban J connectivity index is 2.25. The Kier molecular flexibility index (Phi) is 3.16. The molecular formula is C8H18N2. The first-order chi connectivity index (χ1) is 4.84. The average molecular weight is 142 g/mol. The highest BCUT2D eigenvalue weighted by Crippen LogP contribution is 2.01. The van der Waals surface area contributed by atoms with Crippen molar-refractivity contribution in [3.63, 3.8) is 0 Å². The topological polar surface area (TPSA) is 15.3 Å². The molecule has 1 rings (SSSR count). The van der Waals surface area contributed by atoms with Crippen LogP contribution in [0.4, 0.5) is 0 Å². The summed E-state index contributed by atoms with van der Waals surface area (Å²) in [5.74, 6) is 0. The van der Waals surface area contributed by atoms with Gasteiger partial charge in [-0.05, 0) is 19.9 Å². The third kappa shape index (κ3) is 1.96. The lowest BCUT2D eigenvalue weighted by atomic mass is 10.2. The van der Waals surface area contributed by atoms with Gasteiger partial charge in [0.25, 0.3) is 0 Å². The summed E-state index contributed by atoms with van der Waals surface area (Å²) in [5.41, 5.74) is 0. The van der Waals surface area contributed by atoms with Crippen molar-refractivity contribution in [2.24, 2.45) is 0 Å². The van der Waals surface area contributed by atoms with E-state index in [1.807, 2.05) is 0 Å². The molecular weight excluding hydrogens is 124 g/mol. The lowest BCUT2D eigenvalue weighted by Gasteiger charge is -2.33.